The molecule has 3 N–H and O–H groups in total. The van der Waals surface area contributed by atoms with Gasteiger partial charge in [0.15, 0.2) is 0 Å². The number of hydrogen-bond acceptors (Lipinski definition) is 3. The van der Waals surface area contributed by atoms with Gasteiger partial charge < -0.3 is 5.43 Å². The third-order valence-electron chi connectivity index (χ3n) is 2.28. The van der Waals surface area contributed by atoms with Gasteiger partial charge in [0.25, 0.3) is 0 Å². The molecule has 3 nitrogen and oxygen atoms in total. The van der Waals surface area contributed by atoms with Crippen molar-refractivity contribution in [1.82, 2.24) is 4.98 Å². The van der Waals surface area contributed by atoms with Gasteiger partial charge in [0.05, 0.1) is 11.2 Å². The minimum atomic E-state index is -4.59. The summed E-state index contributed by atoms with van der Waals surface area (Å²) >= 11 is 1.72. The molecule has 0 aliphatic heterocycles. The summed E-state index contributed by atoms with van der Waals surface area (Å²) in [6.45, 7) is 0. The summed E-state index contributed by atoms with van der Waals surface area (Å²) in [5.74, 6) is 4.59. The molecule has 2 aromatic rings. The highest BCUT2D eigenvalue weighted by atomic mass is 127. The Morgan fingerprint density at radius 3 is 2.44 bits per heavy atom. The van der Waals surface area contributed by atoms with E-state index in [0.29, 0.717) is 0 Å². The van der Waals surface area contributed by atoms with Crippen molar-refractivity contribution in [2.45, 2.75) is 6.18 Å². The number of nitrogen functional groups attached to an aromatic ring is 1. The molecule has 96 valence electrons. The van der Waals surface area contributed by atoms with Gasteiger partial charge in [0.1, 0.15) is 11.5 Å². The second-order valence-electron chi connectivity index (χ2n) is 3.48. The number of rotatable bonds is 1. The van der Waals surface area contributed by atoms with Crippen LogP contribution in [0.5, 0.6) is 0 Å². The zero-order valence-electron chi connectivity index (χ0n) is 8.65. The number of nitrogens with two attached hydrogens (primary N) is 1. The molecule has 0 fully saturated rings. The highest BCUT2D eigenvalue weighted by Crippen LogP contribution is 2.34. The van der Waals surface area contributed by atoms with Crippen molar-refractivity contribution in [2.24, 2.45) is 5.84 Å². The Morgan fingerprint density at radius 2 is 1.89 bits per heavy atom. The van der Waals surface area contributed by atoms with Crippen LogP contribution in [0.15, 0.2) is 18.2 Å². The van der Waals surface area contributed by atoms with Crippen LogP contribution in [0, 0.1) is 9.39 Å². The first kappa shape index (κ1) is 13.3. The number of benzene rings is 1. The van der Waals surface area contributed by atoms with E-state index in [1.807, 2.05) is 0 Å². The van der Waals surface area contributed by atoms with E-state index in [2.05, 4.69) is 10.4 Å². The quantitative estimate of drug-likeness (QED) is 0.350. The van der Waals surface area contributed by atoms with Crippen molar-refractivity contribution in [1.29, 1.82) is 0 Å². The molecule has 0 atom stereocenters. The first-order chi connectivity index (χ1) is 8.32. The number of aromatic nitrogens is 1. The first-order valence-corrected chi connectivity index (χ1v) is 5.74. The van der Waals surface area contributed by atoms with Gasteiger partial charge >= 0.3 is 6.18 Å². The molecule has 8 heteroatoms. The smallest absolute Gasteiger partial charge is 0.323 e. The lowest BCUT2D eigenvalue weighted by molar-refractivity contribution is -0.140. The van der Waals surface area contributed by atoms with E-state index in [4.69, 9.17) is 5.84 Å². The Balaban J connectivity index is 2.84. The molecule has 18 heavy (non-hydrogen) atoms. The number of fused-ring (bicyclic) bond motifs is 1. The van der Waals surface area contributed by atoms with Gasteiger partial charge in [-0.15, -0.1) is 0 Å². The lowest BCUT2D eigenvalue weighted by atomic mass is 10.1. The Hall–Kier alpha value is -1.16. The molecule has 0 spiro atoms. The first-order valence-electron chi connectivity index (χ1n) is 4.66. The fraction of sp³-hybridized carbons (Fsp3) is 0.100. The second-order valence-corrected chi connectivity index (χ2v) is 4.64. The topological polar surface area (TPSA) is 50.9 Å². The number of nitrogens with one attached hydrogen (secondary N) is 1. The van der Waals surface area contributed by atoms with Crippen LogP contribution in [0.4, 0.5) is 23.2 Å². The number of nitrogens with zero attached hydrogens (tertiary/aromatic N) is 1. The lowest BCUT2D eigenvalue weighted by Gasteiger charge is -2.12. The molecule has 0 aliphatic carbocycles. The van der Waals surface area contributed by atoms with Gasteiger partial charge in [-0.3, -0.25) is 5.84 Å². The second kappa shape index (κ2) is 4.50. The molecule has 1 aromatic carbocycles. The van der Waals surface area contributed by atoms with Gasteiger partial charge in [-0.1, -0.05) is 0 Å². The van der Waals surface area contributed by atoms with Crippen molar-refractivity contribution < 1.29 is 17.6 Å². The molecule has 1 heterocycles. The summed E-state index contributed by atoms with van der Waals surface area (Å²) in [5.41, 5.74) is 1.08. The molecule has 0 radical (unpaired) electrons. The number of hydrogen-bond donors (Lipinski definition) is 2. The minimum absolute atomic E-state index is 0.0234. The molecule has 0 bridgehead atoms. The SMILES string of the molecule is NNc1cc(C(F)(F)F)nc2c(I)cc(F)cc12. The van der Waals surface area contributed by atoms with E-state index in [-0.39, 0.29) is 20.2 Å². The molecule has 0 saturated carbocycles. The Kier molecular flexibility index (Phi) is 3.32. The third-order valence-corrected chi connectivity index (χ3v) is 3.10. The van der Waals surface area contributed by atoms with E-state index in [1.54, 1.807) is 22.6 Å². The van der Waals surface area contributed by atoms with Crippen LogP contribution in [0.25, 0.3) is 10.9 Å². The monoisotopic (exact) mass is 371 g/mol. The van der Waals surface area contributed by atoms with Crippen LogP contribution < -0.4 is 11.3 Å². The molecule has 1 aromatic heterocycles. The summed E-state index contributed by atoms with van der Waals surface area (Å²) in [6, 6.07) is 2.94. The fourth-order valence-electron chi connectivity index (χ4n) is 1.52. The molecule has 2 rings (SSSR count). The Labute approximate surface area is 112 Å². The number of halogens is 5. The van der Waals surface area contributed by atoms with E-state index in [9.17, 15) is 17.6 Å². The van der Waals surface area contributed by atoms with E-state index < -0.39 is 17.7 Å². The minimum Gasteiger partial charge on any atom is -0.323 e. The maximum absolute atomic E-state index is 13.2. The summed E-state index contributed by atoms with van der Waals surface area (Å²) < 4.78 is 51.4. The van der Waals surface area contributed by atoms with Crippen LogP contribution in [0.2, 0.25) is 0 Å². The number of alkyl halides is 3. The van der Waals surface area contributed by atoms with Gasteiger partial charge in [0, 0.05) is 8.96 Å². The van der Waals surface area contributed by atoms with Crippen molar-refractivity contribution in [2.75, 3.05) is 5.43 Å². The fourth-order valence-corrected chi connectivity index (χ4v) is 2.23. The largest absolute Gasteiger partial charge is 0.433 e. The molecular weight excluding hydrogens is 365 g/mol. The molecule has 0 aliphatic rings. The zero-order valence-corrected chi connectivity index (χ0v) is 10.8. The number of pyridine rings is 1. The van der Waals surface area contributed by atoms with Crippen LogP contribution in [-0.2, 0) is 6.18 Å². The molecule has 0 saturated heterocycles. The van der Waals surface area contributed by atoms with E-state index >= 15 is 0 Å². The average Bonchev–Trinajstić information content (AvgIpc) is 2.26. The van der Waals surface area contributed by atoms with Crippen LogP contribution in [0.1, 0.15) is 5.69 Å². The van der Waals surface area contributed by atoms with Crippen LogP contribution in [0.3, 0.4) is 0 Å². The number of anilines is 1. The normalized spacial score (nSPS) is 11.9. The van der Waals surface area contributed by atoms with Gasteiger partial charge in [-0.25, -0.2) is 9.37 Å². The summed E-state index contributed by atoms with van der Waals surface area (Å²) in [7, 11) is 0. The van der Waals surface area contributed by atoms with E-state index in [0.717, 1.165) is 18.2 Å². The van der Waals surface area contributed by atoms with Gasteiger partial charge in [-0.2, -0.15) is 13.2 Å². The maximum Gasteiger partial charge on any atom is 0.433 e. The molecule has 0 unspecified atom stereocenters. The third kappa shape index (κ3) is 2.34. The predicted molar refractivity (Wildman–Crippen MR) is 67.2 cm³/mol. The Bertz CT molecular complexity index is 612. The summed E-state index contributed by atoms with van der Waals surface area (Å²) in [4.78, 5) is 3.50. The maximum atomic E-state index is 13.2. The van der Waals surface area contributed by atoms with Crippen molar-refractivity contribution in [3.63, 3.8) is 0 Å². The highest BCUT2D eigenvalue weighted by molar-refractivity contribution is 14.1. The van der Waals surface area contributed by atoms with Crippen molar-refractivity contribution >= 4 is 39.2 Å². The van der Waals surface area contributed by atoms with Crippen molar-refractivity contribution in [3.8, 4) is 0 Å². The van der Waals surface area contributed by atoms with Crippen molar-refractivity contribution in [3.05, 3.63) is 33.3 Å². The highest BCUT2D eigenvalue weighted by Gasteiger charge is 2.33. The van der Waals surface area contributed by atoms with Gasteiger partial charge in [-0.05, 0) is 40.8 Å². The summed E-state index contributed by atoms with van der Waals surface area (Å²) in [6.07, 6.45) is -4.59. The lowest BCUT2D eigenvalue weighted by Crippen LogP contribution is -2.13. The Morgan fingerprint density at radius 1 is 1.22 bits per heavy atom. The zero-order chi connectivity index (χ0) is 13.5. The number of hydrazine groups is 1. The molecule has 0 amide bonds. The average molecular weight is 371 g/mol. The van der Waals surface area contributed by atoms with E-state index in [1.165, 1.54) is 0 Å². The van der Waals surface area contributed by atoms with Crippen LogP contribution in [-0.4, -0.2) is 4.98 Å². The summed E-state index contributed by atoms with van der Waals surface area (Å²) in [5, 5.41) is 0.204. The van der Waals surface area contributed by atoms with Gasteiger partial charge in [0.2, 0.25) is 0 Å². The standard InChI is InChI=1S/C10H6F4IN3/c11-4-1-5-7(18-16)3-8(10(12,13)14)17-9(5)6(15)2-4/h1-3H,16H2,(H,17,18). The predicted octanol–water partition coefficient (Wildman–Crippen LogP) is 3.28. The molecular formula is C10H6F4IN3. The van der Waals surface area contributed by atoms with Crippen LogP contribution >= 0.6 is 22.6 Å².